The first-order valence-corrected chi connectivity index (χ1v) is 8.00. The van der Waals surface area contributed by atoms with Crippen molar-refractivity contribution in [3.63, 3.8) is 0 Å². The van der Waals surface area contributed by atoms with Crippen molar-refractivity contribution >= 4 is 39.3 Å². The molecule has 0 fully saturated rings. The van der Waals surface area contributed by atoms with Gasteiger partial charge in [0.25, 0.3) is 0 Å². The maximum Gasteiger partial charge on any atom is 0.410 e. The summed E-state index contributed by atoms with van der Waals surface area (Å²) < 4.78 is 4.96. The number of thiophene rings is 1. The third-order valence-electron chi connectivity index (χ3n) is 3.23. The summed E-state index contributed by atoms with van der Waals surface area (Å²) in [5.41, 5.74) is 13.4. The van der Waals surface area contributed by atoms with Gasteiger partial charge in [-0.25, -0.2) is 14.8 Å². The maximum atomic E-state index is 11.1. The van der Waals surface area contributed by atoms with Crippen LogP contribution in [-0.2, 0) is 0 Å². The number of pyridine rings is 1. The Kier molecular flexibility index (Phi) is 4.36. The number of aryl methyl sites for hydroxylation is 1. The molecular formula is C16H14N6O2S. The number of hydrogen-bond acceptors (Lipinski definition) is 8. The van der Waals surface area contributed by atoms with E-state index in [2.05, 4.69) is 26.2 Å². The average Bonchev–Trinajstić information content (AvgIpc) is 2.87. The Labute approximate surface area is 147 Å². The van der Waals surface area contributed by atoms with E-state index in [0.717, 1.165) is 17.0 Å². The van der Waals surface area contributed by atoms with Crippen LogP contribution in [0, 0.1) is 19.3 Å². The van der Waals surface area contributed by atoms with Crippen molar-refractivity contribution in [2.45, 2.75) is 6.92 Å². The molecule has 0 saturated heterocycles. The van der Waals surface area contributed by atoms with Crippen LogP contribution in [-0.4, -0.2) is 27.6 Å². The zero-order valence-electron chi connectivity index (χ0n) is 13.2. The predicted octanol–water partition coefficient (Wildman–Crippen LogP) is 2.15. The van der Waals surface area contributed by atoms with Crippen LogP contribution in [0.2, 0.25) is 0 Å². The molecule has 25 heavy (non-hydrogen) atoms. The number of nitrogens with zero attached hydrogens (tertiary/aromatic N) is 3. The Morgan fingerprint density at radius 1 is 1.40 bits per heavy atom. The van der Waals surface area contributed by atoms with Crippen molar-refractivity contribution in [3.8, 4) is 28.8 Å². The third kappa shape index (κ3) is 3.29. The summed E-state index contributed by atoms with van der Waals surface area (Å²) in [6.07, 6.45) is 4.32. The van der Waals surface area contributed by atoms with Gasteiger partial charge in [0.1, 0.15) is 10.5 Å². The lowest BCUT2D eigenvalue weighted by Crippen LogP contribution is -2.16. The molecule has 0 spiro atoms. The van der Waals surface area contributed by atoms with Crippen LogP contribution in [0.4, 0.5) is 16.4 Å². The first kappa shape index (κ1) is 16.5. The fourth-order valence-electron chi connectivity index (χ4n) is 2.24. The van der Waals surface area contributed by atoms with E-state index in [1.807, 2.05) is 25.1 Å². The minimum absolute atomic E-state index is 0.166. The lowest BCUT2D eigenvalue weighted by atomic mass is 10.1. The molecule has 0 radical (unpaired) electrons. The second kappa shape index (κ2) is 6.62. The van der Waals surface area contributed by atoms with E-state index >= 15 is 0 Å². The molecule has 0 aliphatic heterocycles. The van der Waals surface area contributed by atoms with Crippen LogP contribution in [0.15, 0.2) is 18.2 Å². The summed E-state index contributed by atoms with van der Waals surface area (Å²) in [5, 5.41) is 3.64. The highest BCUT2D eigenvalue weighted by molar-refractivity contribution is 7.21. The largest absolute Gasteiger partial charge is 0.410 e. The van der Waals surface area contributed by atoms with Gasteiger partial charge < -0.3 is 21.5 Å². The minimum atomic E-state index is -0.952. The Morgan fingerprint density at radius 2 is 2.20 bits per heavy atom. The Balaban J connectivity index is 2.25. The van der Waals surface area contributed by atoms with Crippen LogP contribution in [0.25, 0.3) is 21.6 Å². The number of amides is 1. The van der Waals surface area contributed by atoms with Gasteiger partial charge in [0.15, 0.2) is 0 Å². The Bertz CT molecular complexity index is 1010. The summed E-state index contributed by atoms with van der Waals surface area (Å²) in [6, 6.07) is 5.55. The lowest BCUT2D eigenvalue weighted by Gasteiger charge is -2.07. The molecule has 0 bridgehead atoms. The third-order valence-corrected chi connectivity index (χ3v) is 4.20. The van der Waals surface area contributed by atoms with Crippen LogP contribution in [0.3, 0.4) is 0 Å². The quantitative estimate of drug-likeness (QED) is 0.612. The predicted molar refractivity (Wildman–Crippen MR) is 97.3 cm³/mol. The number of ether oxygens (including phenoxy) is 1. The monoisotopic (exact) mass is 354 g/mol. The smallest absolute Gasteiger partial charge is 0.397 e. The van der Waals surface area contributed by atoms with Gasteiger partial charge in [0.05, 0.1) is 23.3 Å². The number of fused-ring (bicyclic) bond motifs is 1. The average molecular weight is 354 g/mol. The number of primary amides is 1. The van der Waals surface area contributed by atoms with Crippen LogP contribution in [0.5, 0.6) is 5.06 Å². The summed E-state index contributed by atoms with van der Waals surface area (Å²) in [7, 11) is 0. The van der Waals surface area contributed by atoms with E-state index in [4.69, 9.17) is 22.6 Å². The molecule has 3 rings (SSSR count). The molecule has 3 aromatic rings. The number of carbonyl (C=O) groups is 1. The van der Waals surface area contributed by atoms with Crippen molar-refractivity contribution in [1.29, 1.82) is 0 Å². The highest BCUT2D eigenvalue weighted by atomic mass is 32.1. The summed E-state index contributed by atoms with van der Waals surface area (Å²) in [5.74, 6) is 2.79. The molecule has 0 aliphatic carbocycles. The summed E-state index contributed by atoms with van der Waals surface area (Å²) in [4.78, 5) is 24.9. The number of hydrogen-bond donors (Lipinski definition) is 3. The number of terminal acetylenes is 1. The first-order chi connectivity index (χ1) is 12.0. The van der Waals surface area contributed by atoms with Gasteiger partial charge in [0, 0.05) is 5.69 Å². The van der Waals surface area contributed by atoms with E-state index in [-0.39, 0.29) is 17.3 Å². The van der Waals surface area contributed by atoms with E-state index < -0.39 is 6.09 Å². The normalized spacial score (nSPS) is 10.4. The van der Waals surface area contributed by atoms with Crippen molar-refractivity contribution in [3.05, 3.63) is 23.9 Å². The van der Waals surface area contributed by atoms with E-state index in [9.17, 15) is 4.79 Å². The Morgan fingerprint density at radius 3 is 2.88 bits per heavy atom. The van der Waals surface area contributed by atoms with Gasteiger partial charge in [-0.05, 0) is 19.1 Å². The molecule has 0 atom stereocenters. The molecule has 5 N–H and O–H groups in total. The number of nitrogen functional groups attached to an aromatic ring is 1. The topological polar surface area (TPSA) is 129 Å². The molecule has 9 heteroatoms. The van der Waals surface area contributed by atoms with E-state index in [1.54, 1.807) is 0 Å². The standard InChI is InChI=1S/C16H14N6O2S/c1-3-7-19-16-21-12(9-6-4-5-8(2)20-9)10-11(17)14(24-15(18)23)25-13(10)22-16/h1,4-6H,7,17H2,2H3,(H2,18,23)(H,19,21,22). The van der Waals surface area contributed by atoms with Gasteiger partial charge in [0.2, 0.25) is 11.0 Å². The minimum Gasteiger partial charge on any atom is -0.397 e. The number of aromatic nitrogens is 3. The lowest BCUT2D eigenvalue weighted by molar-refractivity contribution is 0.212. The van der Waals surface area contributed by atoms with Gasteiger partial charge in [-0.2, -0.15) is 0 Å². The molecule has 3 aromatic heterocycles. The van der Waals surface area contributed by atoms with Crippen molar-refractivity contribution in [2.75, 3.05) is 17.6 Å². The molecule has 0 aliphatic rings. The number of anilines is 2. The molecule has 8 nitrogen and oxygen atoms in total. The highest BCUT2D eigenvalue weighted by Crippen LogP contribution is 2.43. The molecule has 3 heterocycles. The summed E-state index contributed by atoms with van der Waals surface area (Å²) in [6.45, 7) is 2.13. The van der Waals surface area contributed by atoms with E-state index in [0.29, 0.717) is 27.6 Å². The Hall–Kier alpha value is -3.38. The van der Waals surface area contributed by atoms with Crippen LogP contribution in [0.1, 0.15) is 5.69 Å². The zero-order valence-corrected chi connectivity index (χ0v) is 14.1. The molecule has 0 saturated carbocycles. The number of carbonyl (C=O) groups excluding carboxylic acids is 1. The molecule has 0 unspecified atom stereocenters. The van der Waals surface area contributed by atoms with Crippen LogP contribution >= 0.6 is 11.3 Å². The number of nitrogens with one attached hydrogen (secondary N) is 1. The van der Waals surface area contributed by atoms with Gasteiger partial charge in [-0.15, -0.1) is 6.42 Å². The zero-order chi connectivity index (χ0) is 18.0. The second-order valence-electron chi connectivity index (χ2n) is 5.02. The molecule has 0 aromatic carbocycles. The van der Waals surface area contributed by atoms with Crippen molar-refractivity contribution < 1.29 is 9.53 Å². The van der Waals surface area contributed by atoms with Crippen LogP contribution < -0.4 is 21.5 Å². The molecule has 126 valence electrons. The van der Waals surface area contributed by atoms with Crippen molar-refractivity contribution in [2.24, 2.45) is 5.73 Å². The molecule has 1 amide bonds. The van der Waals surface area contributed by atoms with Gasteiger partial charge in [-0.3, -0.25) is 4.98 Å². The fourth-order valence-corrected chi connectivity index (χ4v) is 3.19. The SMILES string of the molecule is C#CCNc1nc(-c2cccc(C)n2)c2c(N)c(OC(N)=O)sc2n1. The highest BCUT2D eigenvalue weighted by Gasteiger charge is 2.21. The molecular weight excluding hydrogens is 340 g/mol. The van der Waals surface area contributed by atoms with E-state index in [1.165, 1.54) is 0 Å². The number of nitrogens with two attached hydrogens (primary N) is 2. The second-order valence-corrected chi connectivity index (χ2v) is 5.98. The number of rotatable bonds is 4. The van der Waals surface area contributed by atoms with Gasteiger partial charge in [-0.1, -0.05) is 23.3 Å². The summed E-state index contributed by atoms with van der Waals surface area (Å²) >= 11 is 1.09. The maximum absolute atomic E-state index is 11.1. The van der Waals surface area contributed by atoms with Crippen molar-refractivity contribution in [1.82, 2.24) is 15.0 Å². The first-order valence-electron chi connectivity index (χ1n) is 7.18. The fraction of sp³-hybridized carbons (Fsp3) is 0.125. The van der Waals surface area contributed by atoms with Gasteiger partial charge >= 0.3 is 6.09 Å².